The van der Waals surface area contributed by atoms with E-state index in [9.17, 15) is 45.1 Å². The van der Waals surface area contributed by atoms with Crippen LogP contribution in [-0.2, 0) is 39.2 Å². The molecule has 0 radical (unpaired) electrons. The number of allylic oxidation sites excluding steroid dienone is 4. The van der Waals surface area contributed by atoms with E-state index in [2.05, 4.69) is 27.7 Å². The first-order valence-electron chi connectivity index (χ1n) is 54.3. The van der Waals surface area contributed by atoms with Crippen LogP contribution in [0.4, 0.5) is 0 Å². The molecule has 0 aliphatic heterocycles. The number of carbonyl (C=O) groups excluding carboxylic acids is 4. The molecule has 0 bridgehead atoms. The first-order valence-corrected chi connectivity index (χ1v) is 57.1. The molecular formula is C112H194CaO14S2. The van der Waals surface area contributed by atoms with Gasteiger partial charge in [0.2, 0.25) is 0 Å². The summed E-state index contributed by atoms with van der Waals surface area (Å²) in [6, 6.07) is 7.05. The molecule has 0 saturated heterocycles. The normalized spacial score (nSPS) is 11.8. The molecule has 0 aromatic heterocycles. The summed E-state index contributed by atoms with van der Waals surface area (Å²) < 4.78 is 93.1. The van der Waals surface area contributed by atoms with Gasteiger partial charge in [-0.15, -0.1) is 0 Å². The second-order valence-electron chi connectivity index (χ2n) is 37.4. The standard InChI is InChI=1S/2C56H98O7S.Ca/c2*1-3-5-7-9-11-13-15-17-19-21-23-25-27-29-31-33-35-37-39-41-43-45-50-62-55(57)52-48-47-49-53(64(59,60)61)54(52)56(58)63-51-46-44-42-40-38-36-34-32-30-28-26-24-22-20-18-16-14-12-10-8-6-4-2;/h2*45-51H,3-44H2,1-2H3,(H,59,60,61);/q;;+2/p-2/b2*50-45+,51-46+;. The summed E-state index contributed by atoms with van der Waals surface area (Å²) in [5.74, 6) is -4.03. The summed E-state index contributed by atoms with van der Waals surface area (Å²) in [4.78, 5) is 50.3. The van der Waals surface area contributed by atoms with Crippen molar-refractivity contribution in [1.82, 2.24) is 0 Å². The van der Waals surface area contributed by atoms with Gasteiger partial charge in [0.05, 0.1) is 57.1 Å². The Balaban J connectivity index is 0.00000252. The number of carbonyl (C=O) groups is 4. The Labute approximate surface area is 824 Å². The molecule has 0 amide bonds. The van der Waals surface area contributed by atoms with Gasteiger partial charge in [-0.3, -0.25) is 0 Å². The summed E-state index contributed by atoms with van der Waals surface area (Å²) in [6.45, 7) is 9.11. The largest absolute Gasteiger partial charge is 2.00 e. The zero-order valence-corrected chi connectivity index (χ0v) is 87.6. The van der Waals surface area contributed by atoms with Gasteiger partial charge in [0.15, 0.2) is 0 Å². The quantitative estimate of drug-likeness (QED) is 0.0150. The van der Waals surface area contributed by atoms with E-state index in [4.69, 9.17) is 18.9 Å². The molecule has 0 saturated carbocycles. The van der Waals surface area contributed by atoms with Gasteiger partial charge in [-0.2, -0.15) is 0 Å². The third-order valence-corrected chi connectivity index (χ3v) is 27.2. The maximum atomic E-state index is 13.0. The molecule has 0 fully saturated rings. The molecule has 0 N–H and O–H groups in total. The van der Waals surface area contributed by atoms with Crippen LogP contribution >= 0.6 is 0 Å². The summed E-state index contributed by atoms with van der Waals surface area (Å²) in [5.41, 5.74) is -1.86. The fraction of sp³-hybridized carbons (Fsp3) is 0.786. The summed E-state index contributed by atoms with van der Waals surface area (Å²) in [5, 5.41) is 0. The van der Waals surface area contributed by atoms with Crippen molar-refractivity contribution in [3.8, 4) is 0 Å². The second kappa shape index (κ2) is 96.1. The molecule has 129 heavy (non-hydrogen) atoms. The number of esters is 4. The molecule has 0 aliphatic rings. The Hall–Kier alpha value is -3.64. The maximum Gasteiger partial charge on any atom is 2.00 e. The summed E-state index contributed by atoms with van der Waals surface area (Å²) >= 11 is 0. The van der Waals surface area contributed by atoms with Crippen molar-refractivity contribution in [2.45, 2.75) is 577 Å². The molecule has 740 valence electrons. The SMILES string of the molecule is CCCCCCCCCCCCCCCCCCCCCC/C=C/OC(=O)c1cccc(S(=O)(=O)[O-])c1C(=O)O/C=C/CCCCCCCCCCCCCCCCCCCCCC.CCCCCCCCCCCCCCCCCCCCCC/C=C/OC(=O)c1cccc(S(=O)(=O)[O-])c1C(=O)O/C=C/CCCCCCCCCCCCCCCCCCCCCC.[Ca+2]. The van der Waals surface area contributed by atoms with Crippen LogP contribution < -0.4 is 0 Å². The van der Waals surface area contributed by atoms with Gasteiger partial charge in [0.25, 0.3) is 0 Å². The van der Waals surface area contributed by atoms with E-state index in [1.54, 1.807) is 24.3 Å². The van der Waals surface area contributed by atoms with E-state index in [0.717, 1.165) is 76.3 Å². The fourth-order valence-corrected chi connectivity index (χ4v) is 18.6. The van der Waals surface area contributed by atoms with Crippen molar-refractivity contribution in [3.63, 3.8) is 0 Å². The van der Waals surface area contributed by atoms with Crippen molar-refractivity contribution < 1.29 is 64.1 Å². The Bertz CT molecular complexity index is 3020. The molecule has 0 heterocycles. The van der Waals surface area contributed by atoms with E-state index in [-0.39, 0.29) is 48.9 Å². The predicted molar refractivity (Wildman–Crippen MR) is 543 cm³/mol. The zero-order chi connectivity index (χ0) is 92.9. The van der Waals surface area contributed by atoms with Gasteiger partial charge in [-0.25, -0.2) is 36.0 Å². The van der Waals surface area contributed by atoms with E-state index in [1.807, 2.05) is 0 Å². The number of rotatable bonds is 94. The molecule has 0 aliphatic carbocycles. The Morgan fingerprint density at radius 1 is 0.217 bits per heavy atom. The predicted octanol–water partition coefficient (Wildman–Crippen LogP) is 36.3. The summed E-state index contributed by atoms with van der Waals surface area (Å²) in [7, 11) is -10.1. The summed E-state index contributed by atoms with van der Waals surface area (Å²) in [6.07, 6.45) is 121. The van der Waals surface area contributed by atoms with Crippen LogP contribution in [0.2, 0.25) is 0 Å². The first-order chi connectivity index (χ1) is 62.6. The van der Waals surface area contributed by atoms with Crippen molar-refractivity contribution in [3.05, 3.63) is 108 Å². The number of hydrogen-bond donors (Lipinski definition) is 0. The Morgan fingerprint density at radius 3 is 0.488 bits per heavy atom. The molecule has 0 unspecified atom stereocenters. The maximum absolute atomic E-state index is 13.0. The molecule has 2 aromatic rings. The van der Waals surface area contributed by atoms with E-state index >= 15 is 0 Å². The second-order valence-corrected chi connectivity index (χ2v) is 40.1. The fourth-order valence-electron chi connectivity index (χ4n) is 17.3. The molecule has 14 nitrogen and oxygen atoms in total. The number of ether oxygens (including phenoxy) is 4. The average Bonchev–Trinajstić information content (AvgIpc) is 0.794. The van der Waals surface area contributed by atoms with Gasteiger partial charge < -0.3 is 28.1 Å². The van der Waals surface area contributed by atoms with Gasteiger partial charge in [0.1, 0.15) is 20.2 Å². The smallest absolute Gasteiger partial charge is 0.744 e. The monoisotopic (exact) mass is 1870 g/mol. The molecule has 0 spiro atoms. The van der Waals surface area contributed by atoms with Crippen molar-refractivity contribution in [1.29, 1.82) is 0 Å². The number of benzene rings is 2. The minimum Gasteiger partial charge on any atom is -0.744 e. The van der Waals surface area contributed by atoms with Crippen molar-refractivity contribution in [2.24, 2.45) is 0 Å². The van der Waals surface area contributed by atoms with Crippen LogP contribution in [0.1, 0.15) is 608 Å². The van der Waals surface area contributed by atoms with Crippen molar-refractivity contribution in [2.75, 3.05) is 0 Å². The molecule has 2 aromatic carbocycles. The van der Waals surface area contributed by atoms with Crippen LogP contribution in [0.15, 0.2) is 95.5 Å². The molecule has 17 heteroatoms. The molecule has 0 atom stereocenters. The third-order valence-electron chi connectivity index (χ3n) is 25.4. The zero-order valence-electron chi connectivity index (χ0n) is 83.7. The van der Waals surface area contributed by atoms with Crippen LogP contribution in [0.25, 0.3) is 0 Å². The van der Waals surface area contributed by atoms with Crippen LogP contribution in [-0.4, -0.2) is 87.6 Å². The minimum absolute atomic E-state index is 0. The average molecular weight is 1870 g/mol. The molecular weight excluding hydrogens is 1670 g/mol. The van der Waals surface area contributed by atoms with Gasteiger partial charge in [-0.1, -0.05) is 528 Å². The first kappa shape index (κ1) is 125. The Kier molecular flexibility index (Phi) is 93.3. The number of unbranched alkanes of at least 4 members (excludes halogenated alkanes) is 80. The Morgan fingerprint density at radius 2 is 0.349 bits per heavy atom. The number of hydrogen-bond acceptors (Lipinski definition) is 14. The van der Waals surface area contributed by atoms with E-state index in [0.29, 0.717) is 12.8 Å². The molecule has 2 rings (SSSR count). The van der Waals surface area contributed by atoms with Crippen molar-refractivity contribution >= 4 is 81.9 Å². The topological polar surface area (TPSA) is 220 Å². The van der Waals surface area contributed by atoms with Gasteiger partial charge in [-0.05, 0) is 99.9 Å². The van der Waals surface area contributed by atoms with E-state index in [1.165, 1.54) is 512 Å². The minimum atomic E-state index is -5.06. The van der Waals surface area contributed by atoms with Gasteiger partial charge in [0, 0.05) is 0 Å². The van der Waals surface area contributed by atoms with Crippen LogP contribution in [0, 0.1) is 0 Å². The van der Waals surface area contributed by atoms with E-state index < -0.39 is 65.0 Å². The van der Waals surface area contributed by atoms with Crippen LogP contribution in [0.3, 0.4) is 0 Å². The van der Waals surface area contributed by atoms with Gasteiger partial charge >= 0.3 is 61.6 Å². The van der Waals surface area contributed by atoms with Crippen LogP contribution in [0.5, 0.6) is 0 Å². The third kappa shape index (κ3) is 80.2.